The van der Waals surface area contributed by atoms with Crippen LogP contribution in [-0.2, 0) is 4.74 Å². The van der Waals surface area contributed by atoms with E-state index >= 15 is 0 Å². The standard InChI is InChI=1S/C15H24N2O2/c1-3-7-18-13-9-12(10-16-11-13)15(17-4-2)14-6-5-8-19-14/h9-11,14-15,17H,3-8H2,1-2H3. The van der Waals surface area contributed by atoms with Gasteiger partial charge in [-0.2, -0.15) is 0 Å². The van der Waals surface area contributed by atoms with Gasteiger partial charge >= 0.3 is 0 Å². The number of pyridine rings is 1. The van der Waals surface area contributed by atoms with Gasteiger partial charge in [-0.25, -0.2) is 0 Å². The van der Waals surface area contributed by atoms with Crippen molar-refractivity contribution in [1.29, 1.82) is 0 Å². The van der Waals surface area contributed by atoms with Crippen molar-refractivity contribution in [3.63, 3.8) is 0 Å². The van der Waals surface area contributed by atoms with Crippen LogP contribution in [0.3, 0.4) is 0 Å². The van der Waals surface area contributed by atoms with Crippen molar-refractivity contribution >= 4 is 0 Å². The molecular formula is C15H24N2O2. The number of hydrogen-bond acceptors (Lipinski definition) is 4. The highest BCUT2D eigenvalue weighted by Gasteiger charge is 2.27. The first-order chi connectivity index (χ1) is 9.35. The van der Waals surface area contributed by atoms with Gasteiger partial charge in [-0.3, -0.25) is 4.98 Å². The molecule has 2 heterocycles. The molecule has 106 valence electrons. The molecule has 0 bridgehead atoms. The normalized spacial score (nSPS) is 20.4. The highest BCUT2D eigenvalue weighted by molar-refractivity contribution is 5.27. The molecule has 4 nitrogen and oxygen atoms in total. The Balaban J connectivity index is 2.11. The number of nitrogens with one attached hydrogen (secondary N) is 1. The van der Waals surface area contributed by atoms with Crippen molar-refractivity contribution in [2.75, 3.05) is 19.8 Å². The van der Waals surface area contributed by atoms with Gasteiger partial charge in [-0.05, 0) is 37.4 Å². The Kier molecular flexibility index (Phi) is 5.61. The van der Waals surface area contributed by atoms with Gasteiger partial charge in [0.05, 0.1) is 24.9 Å². The molecular weight excluding hydrogens is 240 g/mol. The summed E-state index contributed by atoms with van der Waals surface area (Å²) in [6.07, 6.45) is 7.20. The fourth-order valence-electron chi connectivity index (χ4n) is 2.45. The molecule has 1 fully saturated rings. The van der Waals surface area contributed by atoms with Crippen LogP contribution in [0.5, 0.6) is 5.75 Å². The van der Waals surface area contributed by atoms with E-state index in [0.717, 1.165) is 50.3 Å². The van der Waals surface area contributed by atoms with Gasteiger partial charge in [-0.15, -0.1) is 0 Å². The van der Waals surface area contributed by atoms with Gasteiger partial charge in [0.15, 0.2) is 0 Å². The maximum atomic E-state index is 5.81. The highest BCUT2D eigenvalue weighted by Crippen LogP contribution is 2.28. The zero-order chi connectivity index (χ0) is 13.5. The molecule has 4 heteroatoms. The largest absolute Gasteiger partial charge is 0.492 e. The zero-order valence-corrected chi connectivity index (χ0v) is 11.9. The minimum atomic E-state index is 0.213. The number of ether oxygens (including phenoxy) is 2. The van der Waals surface area contributed by atoms with E-state index in [1.165, 1.54) is 0 Å². The monoisotopic (exact) mass is 264 g/mol. The molecule has 0 aliphatic carbocycles. The Morgan fingerprint density at radius 2 is 2.37 bits per heavy atom. The second kappa shape index (κ2) is 7.46. The van der Waals surface area contributed by atoms with Crippen molar-refractivity contribution in [1.82, 2.24) is 10.3 Å². The predicted octanol–water partition coefficient (Wildman–Crippen LogP) is 2.70. The van der Waals surface area contributed by atoms with Crippen molar-refractivity contribution in [2.45, 2.75) is 45.3 Å². The Bertz CT molecular complexity index is 378. The molecule has 1 aliphatic heterocycles. The van der Waals surface area contributed by atoms with E-state index in [9.17, 15) is 0 Å². The van der Waals surface area contributed by atoms with Gasteiger partial charge in [-0.1, -0.05) is 13.8 Å². The van der Waals surface area contributed by atoms with Crippen molar-refractivity contribution in [3.8, 4) is 5.75 Å². The smallest absolute Gasteiger partial charge is 0.137 e. The molecule has 1 aliphatic rings. The van der Waals surface area contributed by atoms with Crippen LogP contribution in [0.2, 0.25) is 0 Å². The Morgan fingerprint density at radius 3 is 3.05 bits per heavy atom. The van der Waals surface area contributed by atoms with Crippen molar-refractivity contribution in [3.05, 3.63) is 24.0 Å². The molecule has 2 atom stereocenters. The number of rotatable bonds is 7. The van der Waals surface area contributed by atoms with E-state index in [1.807, 2.05) is 6.20 Å². The number of aromatic nitrogens is 1. The van der Waals surface area contributed by atoms with Crippen LogP contribution < -0.4 is 10.1 Å². The molecule has 0 saturated carbocycles. The highest BCUT2D eigenvalue weighted by atomic mass is 16.5. The molecule has 1 saturated heterocycles. The van der Waals surface area contributed by atoms with Crippen molar-refractivity contribution in [2.24, 2.45) is 0 Å². The second-order valence-corrected chi connectivity index (χ2v) is 4.89. The summed E-state index contributed by atoms with van der Waals surface area (Å²) in [5.41, 5.74) is 1.15. The molecule has 0 amide bonds. The summed E-state index contributed by atoms with van der Waals surface area (Å²) in [4.78, 5) is 4.29. The van der Waals surface area contributed by atoms with Crippen LogP contribution in [0.1, 0.15) is 44.7 Å². The lowest BCUT2D eigenvalue weighted by atomic mass is 10.0. The van der Waals surface area contributed by atoms with Gasteiger partial charge in [0, 0.05) is 12.8 Å². The van der Waals surface area contributed by atoms with E-state index < -0.39 is 0 Å². The molecule has 2 unspecified atom stereocenters. The average molecular weight is 264 g/mol. The third-order valence-corrected chi connectivity index (χ3v) is 3.33. The molecule has 1 aromatic heterocycles. The Hall–Kier alpha value is -1.13. The minimum absolute atomic E-state index is 0.213. The van der Waals surface area contributed by atoms with Crippen LogP contribution in [0.15, 0.2) is 18.5 Å². The minimum Gasteiger partial charge on any atom is -0.492 e. The van der Waals surface area contributed by atoms with Gasteiger partial charge in [0.1, 0.15) is 5.75 Å². The van der Waals surface area contributed by atoms with Gasteiger partial charge in [0.25, 0.3) is 0 Å². The molecule has 0 aromatic carbocycles. The van der Waals surface area contributed by atoms with Crippen molar-refractivity contribution < 1.29 is 9.47 Å². The first-order valence-corrected chi connectivity index (χ1v) is 7.27. The van der Waals surface area contributed by atoms with E-state index in [0.29, 0.717) is 0 Å². The fraction of sp³-hybridized carbons (Fsp3) is 0.667. The summed E-state index contributed by atoms with van der Waals surface area (Å²) in [6, 6.07) is 2.29. The summed E-state index contributed by atoms with van der Waals surface area (Å²) in [7, 11) is 0. The lowest BCUT2D eigenvalue weighted by Crippen LogP contribution is -2.31. The fourth-order valence-corrected chi connectivity index (χ4v) is 2.45. The first kappa shape index (κ1) is 14.3. The zero-order valence-electron chi connectivity index (χ0n) is 11.9. The van der Waals surface area contributed by atoms with Crippen LogP contribution in [0, 0.1) is 0 Å². The molecule has 0 radical (unpaired) electrons. The first-order valence-electron chi connectivity index (χ1n) is 7.27. The summed E-state index contributed by atoms with van der Waals surface area (Å²) in [6.45, 7) is 6.74. The maximum Gasteiger partial charge on any atom is 0.137 e. The molecule has 1 N–H and O–H groups in total. The Labute approximate surface area is 115 Å². The summed E-state index contributed by atoms with van der Waals surface area (Å²) < 4.78 is 11.5. The lowest BCUT2D eigenvalue weighted by Gasteiger charge is -2.24. The van der Waals surface area contributed by atoms with Crippen LogP contribution in [0.4, 0.5) is 0 Å². The van der Waals surface area contributed by atoms with E-state index in [1.54, 1.807) is 6.20 Å². The van der Waals surface area contributed by atoms with Gasteiger partial charge in [0.2, 0.25) is 0 Å². The maximum absolute atomic E-state index is 5.81. The van der Waals surface area contributed by atoms with Crippen LogP contribution >= 0.6 is 0 Å². The predicted molar refractivity (Wildman–Crippen MR) is 75.4 cm³/mol. The summed E-state index contributed by atoms with van der Waals surface area (Å²) in [5, 5.41) is 3.50. The third kappa shape index (κ3) is 3.91. The third-order valence-electron chi connectivity index (χ3n) is 3.33. The molecule has 19 heavy (non-hydrogen) atoms. The second-order valence-electron chi connectivity index (χ2n) is 4.89. The van der Waals surface area contributed by atoms with E-state index in [4.69, 9.17) is 9.47 Å². The summed E-state index contributed by atoms with van der Waals surface area (Å²) >= 11 is 0. The Morgan fingerprint density at radius 1 is 1.47 bits per heavy atom. The van der Waals surface area contributed by atoms with E-state index in [2.05, 4.69) is 30.2 Å². The van der Waals surface area contributed by atoms with Crippen LogP contribution in [-0.4, -0.2) is 30.8 Å². The SMILES string of the molecule is CCCOc1cncc(C(NCC)C2CCCO2)c1. The molecule has 1 aromatic rings. The average Bonchev–Trinajstić information content (AvgIpc) is 2.96. The molecule has 2 rings (SSSR count). The topological polar surface area (TPSA) is 43.4 Å². The number of nitrogens with zero attached hydrogens (tertiary/aromatic N) is 1. The number of likely N-dealkylation sites (N-methyl/N-ethyl adjacent to an activating group) is 1. The number of hydrogen-bond donors (Lipinski definition) is 1. The molecule has 0 spiro atoms. The van der Waals surface area contributed by atoms with Crippen LogP contribution in [0.25, 0.3) is 0 Å². The van der Waals surface area contributed by atoms with Gasteiger partial charge < -0.3 is 14.8 Å². The lowest BCUT2D eigenvalue weighted by molar-refractivity contribution is 0.0786. The quantitative estimate of drug-likeness (QED) is 0.822. The summed E-state index contributed by atoms with van der Waals surface area (Å²) in [5.74, 6) is 0.847. The van der Waals surface area contributed by atoms with E-state index in [-0.39, 0.29) is 12.1 Å².